The highest BCUT2D eigenvalue weighted by Gasteiger charge is 2.17. The van der Waals surface area contributed by atoms with Crippen LogP contribution in [0.5, 0.6) is 0 Å². The number of nitrogens with zero attached hydrogens (tertiary/aromatic N) is 2. The van der Waals surface area contributed by atoms with Gasteiger partial charge in [-0.1, -0.05) is 12.1 Å². The second-order valence-corrected chi connectivity index (χ2v) is 6.00. The maximum atomic E-state index is 13.0. The molecule has 1 amide bonds. The highest BCUT2D eigenvalue weighted by molar-refractivity contribution is 5.91. The van der Waals surface area contributed by atoms with E-state index >= 15 is 0 Å². The van der Waals surface area contributed by atoms with Crippen molar-refractivity contribution in [3.63, 3.8) is 0 Å². The Kier molecular flexibility index (Phi) is 7.09. The minimum Gasteiger partial charge on any atom is -0.447 e. The second kappa shape index (κ2) is 9.29. The summed E-state index contributed by atoms with van der Waals surface area (Å²) in [6.07, 6.45) is 1.36. The molecule has 0 saturated heterocycles. The molecule has 1 heterocycles. The lowest BCUT2D eigenvalue weighted by Gasteiger charge is -2.25. The Morgan fingerprint density at radius 1 is 1.32 bits per heavy atom. The molecule has 0 aliphatic carbocycles. The number of aromatic nitrogens is 1. The molecular weight excluding hydrogens is 325 g/mol. The Hall–Kier alpha value is -2.25. The first kappa shape index (κ1) is 19.1. The van der Waals surface area contributed by atoms with Gasteiger partial charge in [-0.15, -0.1) is 0 Å². The second-order valence-electron chi connectivity index (χ2n) is 6.00. The number of amides is 1. The Balaban J connectivity index is 1.97. The highest BCUT2D eigenvalue weighted by Crippen LogP contribution is 2.14. The summed E-state index contributed by atoms with van der Waals surface area (Å²) < 4.78 is 23.3. The first-order valence-electron chi connectivity index (χ1n) is 8.19. The molecule has 7 heteroatoms. The van der Waals surface area contributed by atoms with Crippen molar-refractivity contribution in [3.05, 3.63) is 53.5 Å². The van der Waals surface area contributed by atoms with Crippen LogP contribution in [0.1, 0.15) is 35.8 Å². The van der Waals surface area contributed by atoms with Crippen LogP contribution in [0.25, 0.3) is 0 Å². The number of hydrogen-bond acceptors (Lipinski definition) is 5. The molecule has 1 aromatic heterocycles. The number of methoxy groups -OCH3 is 1. The predicted octanol–water partition coefficient (Wildman–Crippen LogP) is 2.60. The fourth-order valence-electron chi connectivity index (χ4n) is 2.26. The van der Waals surface area contributed by atoms with Gasteiger partial charge in [0.2, 0.25) is 5.89 Å². The van der Waals surface area contributed by atoms with Gasteiger partial charge in [-0.3, -0.25) is 9.69 Å². The third-order valence-electron chi connectivity index (χ3n) is 3.74. The molecule has 0 fully saturated rings. The molecule has 136 valence electrons. The van der Waals surface area contributed by atoms with Gasteiger partial charge in [0.25, 0.3) is 5.91 Å². The molecule has 0 aliphatic rings. The summed E-state index contributed by atoms with van der Waals surface area (Å²) in [4.78, 5) is 18.3. The minimum absolute atomic E-state index is 0.232. The molecule has 0 spiro atoms. The van der Waals surface area contributed by atoms with Crippen molar-refractivity contribution in [2.24, 2.45) is 0 Å². The largest absolute Gasteiger partial charge is 0.447 e. The maximum Gasteiger partial charge on any atom is 0.273 e. The number of hydrogen-bond donors (Lipinski definition) is 1. The summed E-state index contributed by atoms with van der Waals surface area (Å²) in [5.74, 6) is -0.0777. The van der Waals surface area contributed by atoms with E-state index in [2.05, 4.69) is 29.0 Å². The summed E-state index contributed by atoms with van der Waals surface area (Å²) in [7, 11) is 1.57. The van der Waals surface area contributed by atoms with Gasteiger partial charge in [-0.05, 0) is 31.5 Å². The molecule has 25 heavy (non-hydrogen) atoms. The van der Waals surface area contributed by atoms with Gasteiger partial charge in [0.15, 0.2) is 5.69 Å². The van der Waals surface area contributed by atoms with E-state index < -0.39 is 0 Å². The fourth-order valence-corrected chi connectivity index (χ4v) is 2.26. The van der Waals surface area contributed by atoms with E-state index in [4.69, 9.17) is 9.15 Å². The molecule has 1 aromatic carbocycles. The fraction of sp³-hybridized carbons (Fsp3) is 0.444. The molecule has 0 radical (unpaired) electrons. The van der Waals surface area contributed by atoms with Crippen LogP contribution in [-0.4, -0.2) is 42.1 Å². The van der Waals surface area contributed by atoms with Crippen LogP contribution in [0.4, 0.5) is 4.39 Å². The van der Waals surface area contributed by atoms with E-state index in [0.717, 1.165) is 5.56 Å². The molecule has 0 atom stereocenters. The maximum absolute atomic E-state index is 13.0. The summed E-state index contributed by atoms with van der Waals surface area (Å²) in [6.45, 7) is 6.07. The number of oxazole rings is 1. The van der Waals surface area contributed by atoms with Crippen LogP contribution in [0.2, 0.25) is 0 Å². The zero-order valence-electron chi connectivity index (χ0n) is 14.8. The van der Waals surface area contributed by atoms with Gasteiger partial charge in [0, 0.05) is 26.2 Å². The highest BCUT2D eigenvalue weighted by atomic mass is 19.1. The van der Waals surface area contributed by atoms with Gasteiger partial charge < -0.3 is 14.5 Å². The lowest BCUT2D eigenvalue weighted by molar-refractivity contribution is 0.0932. The standard InChI is InChI=1S/C18H24FN3O3/c1-13(2)22(10-14-4-6-15(19)7-5-14)11-17-21-16(12-25-17)18(23)20-8-9-24-3/h4-7,12-13H,8-11H2,1-3H3,(H,20,23). The number of carbonyl (C=O) groups is 1. The first-order valence-corrected chi connectivity index (χ1v) is 8.19. The van der Waals surface area contributed by atoms with E-state index in [-0.39, 0.29) is 23.5 Å². The predicted molar refractivity (Wildman–Crippen MR) is 91.5 cm³/mol. The van der Waals surface area contributed by atoms with Gasteiger partial charge in [-0.2, -0.15) is 0 Å². The van der Waals surface area contributed by atoms with Crippen LogP contribution < -0.4 is 5.32 Å². The average molecular weight is 349 g/mol. The molecule has 0 aliphatic heterocycles. The van der Waals surface area contributed by atoms with E-state index in [1.54, 1.807) is 19.2 Å². The topological polar surface area (TPSA) is 67.6 Å². The Bertz CT molecular complexity index is 670. The normalized spacial score (nSPS) is 11.3. The Morgan fingerprint density at radius 2 is 2.04 bits per heavy atom. The van der Waals surface area contributed by atoms with Gasteiger partial charge in [0.1, 0.15) is 12.1 Å². The molecule has 2 aromatic rings. The number of benzene rings is 1. The number of nitrogens with one attached hydrogen (secondary N) is 1. The van der Waals surface area contributed by atoms with Gasteiger partial charge in [0.05, 0.1) is 13.2 Å². The summed E-state index contributed by atoms with van der Waals surface area (Å²) in [5, 5.41) is 2.70. The number of halogens is 1. The van der Waals surface area contributed by atoms with E-state index in [1.807, 2.05) is 0 Å². The van der Waals surface area contributed by atoms with Crippen molar-refractivity contribution in [2.45, 2.75) is 33.0 Å². The van der Waals surface area contributed by atoms with Crippen LogP contribution in [0.15, 0.2) is 34.9 Å². The smallest absolute Gasteiger partial charge is 0.273 e. The summed E-state index contributed by atoms with van der Waals surface area (Å²) in [6, 6.07) is 6.64. The third kappa shape index (κ3) is 5.95. The molecular formula is C18H24FN3O3. The zero-order valence-corrected chi connectivity index (χ0v) is 14.8. The number of ether oxygens (including phenoxy) is 1. The quantitative estimate of drug-likeness (QED) is 0.705. The van der Waals surface area contributed by atoms with Crippen molar-refractivity contribution >= 4 is 5.91 Å². The van der Waals surface area contributed by atoms with E-state index in [0.29, 0.717) is 32.1 Å². The number of carbonyl (C=O) groups excluding carboxylic acids is 1. The van der Waals surface area contributed by atoms with Crippen LogP contribution in [0, 0.1) is 5.82 Å². The van der Waals surface area contributed by atoms with Crippen LogP contribution >= 0.6 is 0 Å². The molecule has 0 saturated carbocycles. The molecule has 1 N–H and O–H groups in total. The Labute approximate surface area is 147 Å². The van der Waals surface area contributed by atoms with Crippen molar-refractivity contribution in [3.8, 4) is 0 Å². The summed E-state index contributed by atoms with van der Waals surface area (Å²) in [5.41, 5.74) is 1.25. The summed E-state index contributed by atoms with van der Waals surface area (Å²) >= 11 is 0. The molecule has 6 nitrogen and oxygen atoms in total. The van der Waals surface area contributed by atoms with Crippen LogP contribution in [0.3, 0.4) is 0 Å². The van der Waals surface area contributed by atoms with Gasteiger partial charge in [-0.25, -0.2) is 9.37 Å². The van der Waals surface area contributed by atoms with Gasteiger partial charge >= 0.3 is 0 Å². The first-order chi connectivity index (χ1) is 12.0. The van der Waals surface area contributed by atoms with Crippen molar-refractivity contribution in [1.82, 2.24) is 15.2 Å². The number of rotatable bonds is 9. The van der Waals surface area contributed by atoms with E-state index in [1.165, 1.54) is 18.4 Å². The lowest BCUT2D eigenvalue weighted by Crippen LogP contribution is -2.30. The molecule has 0 bridgehead atoms. The lowest BCUT2D eigenvalue weighted by atomic mass is 10.2. The SMILES string of the molecule is COCCNC(=O)c1coc(CN(Cc2ccc(F)cc2)C(C)C)n1. The zero-order chi connectivity index (χ0) is 18.2. The molecule has 0 unspecified atom stereocenters. The van der Waals surface area contributed by atoms with Crippen molar-refractivity contribution in [2.75, 3.05) is 20.3 Å². The van der Waals surface area contributed by atoms with Crippen molar-refractivity contribution < 1.29 is 18.3 Å². The third-order valence-corrected chi connectivity index (χ3v) is 3.74. The minimum atomic E-state index is -0.290. The average Bonchev–Trinajstić information content (AvgIpc) is 3.05. The van der Waals surface area contributed by atoms with Crippen LogP contribution in [-0.2, 0) is 17.8 Å². The Morgan fingerprint density at radius 3 is 2.68 bits per heavy atom. The monoisotopic (exact) mass is 349 g/mol. The van der Waals surface area contributed by atoms with Crippen molar-refractivity contribution in [1.29, 1.82) is 0 Å². The van der Waals surface area contributed by atoms with E-state index in [9.17, 15) is 9.18 Å². The molecule has 2 rings (SSSR count).